The molecule has 0 unspecified atom stereocenters. The molecule has 1 amide bonds. The van der Waals surface area contributed by atoms with Gasteiger partial charge in [0.2, 0.25) is 15.9 Å². The van der Waals surface area contributed by atoms with E-state index in [1.54, 1.807) is 13.8 Å². The van der Waals surface area contributed by atoms with Gasteiger partial charge < -0.3 is 5.32 Å². The molecular formula is C28H34N2O3S. The van der Waals surface area contributed by atoms with Gasteiger partial charge >= 0.3 is 0 Å². The highest BCUT2D eigenvalue weighted by Crippen LogP contribution is 2.27. The van der Waals surface area contributed by atoms with Crippen LogP contribution in [0.2, 0.25) is 0 Å². The molecule has 6 heteroatoms. The molecule has 0 saturated carbocycles. The molecule has 0 aliphatic rings. The van der Waals surface area contributed by atoms with Crippen molar-refractivity contribution in [1.82, 2.24) is 4.31 Å². The predicted octanol–water partition coefficient (Wildman–Crippen LogP) is 5.87. The number of anilines is 1. The van der Waals surface area contributed by atoms with Crippen LogP contribution < -0.4 is 5.32 Å². The van der Waals surface area contributed by atoms with Crippen molar-refractivity contribution in [3.63, 3.8) is 0 Å². The highest BCUT2D eigenvalue weighted by atomic mass is 32.2. The lowest BCUT2D eigenvalue weighted by atomic mass is 10.0. The maximum atomic E-state index is 13.8. The summed E-state index contributed by atoms with van der Waals surface area (Å²) in [5, 5.41) is 2.85. The minimum Gasteiger partial charge on any atom is -0.325 e. The van der Waals surface area contributed by atoms with Crippen molar-refractivity contribution in [2.75, 3.05) is 11.9 Å². The van der Waals surface area contributed by atoms with Crippen molar-refractivity contribution < 1.29 is 13.2 Å². The highest BCUT2D eigenvalue weighted by Gasteiger charge is 2.30. The van der Waals surface area contributed by atoms with Gasteiger partial charge in [-0.2, -0.15) is 4.31 Å². The van der Waals surface area contributed by atoms with Gasteiger partial charge in [-0.05, 0) is 68.0 Å². The first-order chi connectivity index (χ1) is 16.0. The molecule has 0 heterocycles. The van der Waals surface area contributed by atoms with Crippen molar-refractivity contribution in [3.05, 3.63) is 94.0 Å². The molecule has 0 bridgehead atoms. The summed E-state index contributed by atoms with van der Waals surface area (Å²) < 4.78 is 28.9. The van der Waals surface area contributed by atoms with E-state index in [1.807, 2.05) is 74.5 Å². The molecule has 3 aromatic carbocycles. The number of rotatable bonds is 8. The van der Waals surface area contributed by atoms with Crippen LogP contribution in [0.3, 0.4) is 0 Å². The Bertz CT molecular complexity index is 1240. The van der Waals surface area contributed by atoms with Gasteiger partial charge in [0.1, 0.15) is 0 Å². The molecule has 5 nitrogen and oxygen atoms in total. The van der Waals surface area contributed by atoms with Crippen molar-refractivity contribution >= 4 is 21.6 Å². The molecule has 0 atom stereocenters. The second-order valence-electron chi connectivity index (χ2n) is 9.31. The molecule has 0 aromatic heterocycles. The summed E-state index contributed by atoms with van der Waals surface area (Å²) in [6, 6.07) is 19.0. The maximum Gasteiger partial charge on any atom is 0.244 e. The summed E-state index contributed by atoms with van der Waals surface area (Å²) >= 11 is 0. The zero-order chi connectivity index (χ0) is 25.0. The molecule has 34 heavy (non-hydrogen) atoms. The summed E-state index contributed by atoms with van der Waals surface area (Å²) in [4.78, 5) is 13.2. The van der Waals surface area contributed by atoms with Crippen molar-refractivity contribution in [1.29, 1.82) is 0 Å². The van der Waals surface area contributed by atoms with Crippen LogP contribution in [0.4, 0.5) is 5.69 Å². The topological polar surface area (TPSA) is 66.5 Å². The second-order valence-corrected chi connectivity index (χ2v) is 11.2. The van der Waals surface area contributed by atoms with E-state index in [9.17, 15) is 13.2 Å². The van der Waals surface area contributed by atoms with Crippen LogP contribution >= 0.6 is 0 Å². The first kappa shape index (κ1) is 25.7. The molecule has 3 aromatic rings. The van der Waals surface area contributed by atoms with E-state index in [1.165, 1.54) is 9.87 Å². The van der Waals surface area contributed by atoms with Gasteiger partial charge in [0.15, 0.2) is 0 Å². The lowest BCUT2D eigenvalue weighted by molar-refractivity contribution is -0.116. The van der Waals surface area contributed by atoms with Gasteiger partial charge in [0, 0.05) is 12.2 Å². The van der Waals surface area contributed by atoms with Gasteiger partial charge in [0.05, 0.1) is 11.4 Å². The van der Waals surface area contributed by atoms with Crippen LogP contribution in [0.5, 0.6) is 0 Å². The molecule has 0 aliphatic heterocycles. The predicted molar refractivity (Wildman–Crippen MR) is 139 cm³/mol. The number of hydrogen-bond acceptors (Lipinski definition) is 3. The van der Waals surface area contributed by atoms with Crippen LogP contribution in [0.15, 0.2) is 65.6 Å². The third-order valence-corrected chi connectivity index (χ3v) is 7.96. The molecule has 0 spiro atoms. The zero-order valence-corrected chi connectivity index (χ0v) is 21.7. The van der Waals surface area contributed by atoms with Crippen molar-refractivity contribution in [2.24, 2.45) is 0 Å². The van der Waals surface area contributed by atoms with Gasteiger partial charge in [-0.25, -0.2) is 8.42 Å². The Kier molecular flexibility index (Phi) is 7.95. The first-order valence-corrected chi connectivity index (χ1v) is 12.9. The number of carbonyl (C=O) groups is 1. The van der Waals surface area contributed by atoms with Gasteiger partial charge in [-0.1, -0.05) is 73.5 Å². The fraction of sp³-hybridized carbons (Fsp3) is 0.321. The van der Waals surface area contributed by atoms with Crippen LogP contribution in [0.1, 0.15) is 53.1 Å². The number of nitrogens with zero attached hydrogens (tertiary/aromatic N) is 1. The SMILES string of the molecule is Cc1ccc(CN(CC(=O)Nc2ccc(C(C)C)cc2)S(=O)(=O)c2c(C)cc(C)cc2C)cc1. The average Bonchev–Trinajstić information content (AvgIpc) is 2.74. The van der Waals surface area contributed by atoms with E-state index in [-0.39, 0.29) is 23.9 Å². The lowest BCUT2D eigenvalue weighted by Crippen LogP contribution is -2.38. The Balaban J connectivity index is 1.92. The van der Waals surface area contributed by atoms with Crippen LogP contribution in [0.25, 0.3) is 0 Å². The summed E-state index contributed by atoms with van der Waals surface area (Å²) in [6.07, 6.45) is 0. The second kappa shape index (κ2) is 10.5. The number of benzene rings is 3. The summed E-state index contributed by atoms with van der Waals surface area (Å²) in [7, 11) is -3.92. The molecule has 0 radical (unpaired) electrons. The van der Waals surface area contributed by atoms with Crippen molar-refractivity contribution in [3.8, 4) is 0 Å². The van der Waals surface area contributed by atoms with E-state index in [2.05, 4.69) is 19.2 Å². The third-order valence-electron chi connectivity index (χ3n) is 5.86. The van der Waals surface area contributed by atoms with Gasteiger partial charge in [-0.3, -0.25) is 4.79 Å². The fourth-order valence-corrected chi connectivity index (χ4v) is 5.93. The number of carbonyl (C=O) groups excluding carboxylic acids is 1. The molecule has 0 fully saturated rings. The van der Waals surface area contributed by atoms with Crippen LogP contribution in [-0.4, -0.2) is 25.2 Å². The Morgan fingerprint density at radius 1 is 0.853 bits per heavy atom. The molecule has 1 N–H and O–H groups in total. The number of amides is 1. The Morgan fingerprint density at radius 3 is 1.94 bits per heavy atom. The smallest absolute Gasteiger partial charge is 0.244 e. The van der Waals surface area contributed by atoms with Gasteiger partial charge in [-0.15, -0.1) is 0 Å². The molecule has 180 valence electrons. The van der Waals surface area contributed by atoms with E-state index in [0.29, 0.717) is 22.7 Å². The molecule has 3 rings (SSSR count). The standard InChI is InChI=1S/C28H34N2O3S/c1-19(2)25-11-13-26(14-12-25)29-27(31)18-30(17-24-9-7-20(3)8-10-24)34(32,33)28-22(5)15-21(4)16-23(28)6/h7-16,19H,17-18H2,1-6H3,(H,29,31). The minimum absolute atomic E-state index is 0.106. The van der Waals surface area contributed by atoms with Gasteiger partial charge in [0.25, 0.3) is 0 Å². The maximum absolute atomic E-state index is 13.8. The number of nitrogens with one attached hydrogen (secondary N) is 1. The number of hydrogen-bond donors (Lipinski definition) is 1. The Hall–Kier alpha value is -2.96. The first-order valence-electron chi connectivity index (χ1n) is 11.5. The number of aryl methyl sites for hydroxylation is 4. The lowest BCUT2D eigenvalue weighted by Gasteiger charge is -2.24. The Labute approximate surface area is 203 Å². The molecule has 0 saturated heterocycles. The Morgan fingerprint density at radius 2 is 1.41 bits per heavy atom. The quantitative estimate of drug-likeness (QED) is 0.440. The molecule has 0 aliphatic carbocycles. The van der Waals surface area contributed by atoms with E-state index in [0.717, 1.165) is 16.7 Å². The summed E-state index contributed by atoms with van der Waals surface area (Å²) in [5.74, 6) is 0.0104. The van der Waals surface area contributed by atoms with Crippen LogP contribution in [0, 0.1) is 27.7 Å². The van der Waals surface area contributed by atoms with E-state index in [4.69, 9.17) is 0 Å². The number of sulfonamides is 1. The average molecular weight is 479 g/mol. The minimum atomic E-state index is -3.92. The van der Waals surface area contributed by atoms with E-state index >= 15 is 0 Å². The fourth-order valence-electron chi connectivity index (χ4n) is 4.14. The summed E-state index contributed by atoms with van der Waals surface area (Å²) in [6.45, 7) is 11.6. The third kappa shape index (κ3) is 6.13. The normalized spacial score (nSPS) is 11.8. The monoisotopic (exact) mass is 478 g/mol. The van der Waals surface area contributed by atoms with Crippen molar-refractivity contribution in [2.45, 2.75) is 58.9 Å². The van der Waals surface area contributed by atoms with Crippen LogP contribution in [-0.2, 0) is 21.4 Å². The summed E-state index contributed by atoms with van der Waals surface area (Å²) in [5.41, 5.74) is 6.09. The zero-order valence-electron chi connectivity index (χ0n) is 20.8. The largest absolute Gasteiger partial charge is 0.325 e. The highest BCUT2D eigenvalue weighted by molar-refractivity contribution is 7.89. The molecular weight excluding hydrogens is 444 g/mol. The van der Waals surface area contributed by atoms with E-state index < -0.39 is 10.0 Å².